The maximum absolute atomic E-state index is 9.89. The van der Waals surface area contributed by atoms with Crippen LogP contribution in [-0.4, -0.2) is 42.2 Å². The summed E-state index contributed by atoms with van der Waals surface area (Å²) in [6.45, 7) is 6.91. The van der Waals surface area contributed by atoms with E-state index in [9.17, 15) is 5.11 Å². The van der Waals surface area contributed by atoms with Crippen LogP contribution in [0, 0.1) is 5.41 Å². The van der Waals surface area contributed by atoms with Crippen LogP contribution in [-0.2, 0) is 9.47 Å². The Labute approximate surface area is 110 Å². The lowest BCUT2D eigenvalue weighted by atomic mass is 9.72. The minimum absolute atomic E-state index is 0.140. The molecule has 1 aliphatic carbocycles. The lowest BCUT2D eigenvalue weighted by Gasteiger charge is -2.46. The number of hydrogen-bond acceptors (Lipinski definition) is 4. The van der Waals surface area contributed by atoms with Gasteiger partial charge in [0, 0.05) is 5.41 Å². The Bertz CT molecular complexity index is 265. The molecule has 18 heavy (non-hydrogen) atoms. The molecule has 2 bridgehead atoms. The minimum Gasteiger partial charge on any atom is -0.389 e. The van der Waals surface area contributed by atoms with E-state index in [0.29, 0.717) is 12.7 Å². The van der Waals surface area contributed by atoms with E-state index in [-0.39, 0.29) is 17.6 Å². The van der Waals surface area contributed by atoms with Crippen LogP contribution in [0.2, 0.25) is 0 Å². The lowest BCUT2D eigenvalue weighted by molar-refractivity contribution is -0.154. The van der Waals surface area contributed by atoms with Gasteiger partial charge in [0.1, 0.15) is 0 Å². The van der Waals surface area contributed by atoms with Gasteiger partial charge in [-0.1, -0.05) is 0 Å². The van der Waals surface area contributed by atoms with E-state index in [1.807, 2.05) is 6.92 Å². The molecule has 3 N–H and O–H groups in total. The van der Waals surface area contributed by atoms with E-state index in [0.717, 1.165) is 19.4 Å². The molecule has 0 radical (unpaired) electrons. The second kappa shape index (κ2) is 5.08. The first kappa shape index (κ1) is 14.3. The van der Waals surface area contributed by atoms with Crippen LogP contribution >= 0.6 is 0 Å². The highest BCUT2D eigenvalue weighted by Crippen LogP contribution is 2.43. The Kier molecular flexibility index (Phi) is 4.02. The van der Waals surface area contributed by atoms with E-state index in [1.54, 1.807) is 13.8 Å². The van der Waals surface area contributed by atoms with Crippen LogP contribution in [0.25, 0.3) is 0 Å². The molecule has 4 nitrogen and oxygen atoms in total. The summed E-state index contributed by atoms with van der Waals surface area (Å²) in [5.74, 6) is 0. The summed E-state index contributed by atoms with van der Waals surface area (Å²) in [5, 5.41) is 9.89. The van der Waals surface area contributed by atoms with Crippen LogP contribution in [0.1, 0.15) is 46.5 Å². The van der Waals surface area contributed by atoms with Crippen molar-refractivity contribution in [1.29, 1.82) is 0 Å². The van der Waals surface area contributed by atoms with Gasteiger partial charge in [-0.3, -0.25) is 0 Å². The Morgan fingerprint density at radius 2 is 2.06 bits per heavy atom. The standard InChI is InChI=1S/C14H27NO3/c1-10(12(15)13(2,3)16)17-8-14-6-4-11(5-7-14)18-9-14/h10-12,16H,4-9,15H2,1-3H3. The molecule has 3 aliphatic rings. The number of ether oxygens (including phenoxy) is 2. The molecule has 3 fully saturated rings. The molecule has 1 saturated carbocycles. The van der Waals surface area contributed by atoms with Crippen molar-refractivity contribution in [1.82, 2.24) is 0 Å². The highest BCUT2D eigenvalue weighted by Gasteiger charge is 2.42. The Balaban J connectivity index is 1.84. The van der Waals surface area contributed by atoms with Gasteiger partial charge in [0.15, 0.2) is 0 Å². The van der Waals surface area contributed by atoms with Gasteiger partial charge < -0.3 is 20.3 Å². The van der Waals surface area contributed by atoms with Gasteiger partial charge in [0.25, 0.3) is 0 Å². The maximum atomic E-state index is 9.89. The first-order chi connectivity index (χ1) is 8.32. The molecule has 2 heterocycles. The monoisotopic (exact) mass is 257 g/mol. The average Bonchev–Trinajstić information content (AvgIpc) is 2.36. The molecule has 4 heteroatoms. The summed E-state index contributed by atoms with van der Waals surface area (Å²) in [7, 11) is 0. The van der Waals surface area contributed by atoms with Gasteiger partial charge in [0.05, 0.1) is 37.1 Å². The van der Waals surface area contributed by atoms with E-state index in [4.69, 9.17) is 15.2 Å². The molecule has 3 rings (SSSR count). The van der Waals surface area contributed by atoms with Crippen molar-refractivity contribution < 1.29 is 14.6 Å². The van der Waals surface area contributed by atoms with Crippen LogP contribution < -0.4 is 5.73 Å². The molecule has 0 spiro atoms. The maximum Gasteiger partial charge on any atom is 0.0767 e. The number of hydrogen-bond donors (Lipinski definition) is 2. The van der Waals surface area contributed by atoms with Crippen molar-refractivity contribution in [3.63, 3.8) is 0 Å². The second-order valence-corrected chi connectivity index (χ2v) is 6.71. The molecule has 0 aromatic carbocycles. The molecule has 0 aromatic rings. The summed E-state index contributed by atoms with van der Waals surface area (Å²) >= 11 is 0. The molecule has 0 aromatic heterocycles. The average molecular weight is 257 g/mol. The largest absolute Gasteiger partial charge is 0.389 e. The normalized spacial score (nSPS) is 35.5. The zero-order chi connectivity index (χ0) is 13.4. The Morgan fingerprint density at radius 1 is 1.44 bits per heavy atom. The molecule has 0 amide bonds. The van der Waals surface area contributed by atoms with Gasteiger partial charge in [-0.2, -0.15) is 0 Å². The third-order valence-electron chi connectivity index (χ3n) is 4.59. The van der Waals surface area contributed by atoms with E-state index in [2.05, 4.69) is 0 Å². The predicted octanol–water partition coefficient (Wildman–Crippen LogP) is 1.45. The zero-order valence-electron chi connectivity index (χ0n) is 11.8. The van der Waals surface area contributed by atoms with E-state index < -0.39 is 5.60 Å². The quantitative estimate of drug-likeness (QED) is 0.782. The third kappa shape index (κ3) is 3.05. The predicted molar refractivity (Wildman–Crippen MR) is 70.3 cm³/mol. The Morgan fingerprint density at radius 3 is 2.50 bits per heavy atom. The molecular formula is C14H27NO3. The van der Waals surface area contributed by atoms with Crippen LogP contribution in [0.3, 0.4) is 0 Å². The van der Waals surface area contributed by atoms with Crippen LogP contribution in [0.4, 0.5) is 0 Å². The molecule has 2 atom stereocenters. The van der Waals surface area contributed by atoms with Crippen molar-refractivity contribution in [3.05, 3.63) is 0 Å². The topological polar surface area (TPSA) is 64.7 Å². The third-order valence-corrected chi connectivity index (χ3v) is 4.59. The van der Waals surface area contributed by atoms with E-state index in [1.165, 1.54) is 12.8 Å². The first-order valence-electron chi connectivity index (χ1n) is 7.04. The van der Waals surface area contributed by atoms with Crippen LogP contribution in [0.15, 0.2) is 0 Å². The summed E-state index contributed by atoms with van der Waals surface area (Å²) in [5.41, 5.74) is 5.29. The molecular weight excluding hydrogens is 230 g/mol. The highest BCUT2D eigenvalue weighted by atomic mass is 16.5. The smallest absolute Gasteiger partial charge is 0.0767 e. The molecule has 106 valence electrons. The lowest BCUT2D eigenvalue weighted by Crippen LogP contribution is -2.52. The summed E-state index contributed by atoms with van der Waals surface area (Å²) in [4.78, 5) is 0. The number of fused-ring (bicyclic) bond motifs is 3. The van der Waals surface area contributed by atoms with Crippen molar-refractivity contribution in [2.24, 2.45) is 11.1 Å². The second-order valence-electron chi connectivity index (χ2n) is 6.71. The summed E-state index contributed by atoms with van der Waals surface area (Å²) < 4.78 is 11.7. The molecule has 2 unspecified atom stereocenters. The zero-order valence-corrected chi connectivity index (χ0v) is 11.8. The van der Waals surface area contributed by atoms with Crippen molar-refractivity contribution in [2.75, 3.05) is 13.2 Å². The summed E-state index contributed by atoms with van der Waals surface area (Å²) in [6.07, 6.45) is 5.07. The summed E-state index contributed by atoms with van der Waals surface area (Å²) in [6, 6.07) is -0.366. The van der Waals surface area contributed by atoms with Gasteiger partial charge in [0.2, 0.25) is 0 Å². The van der Waals surface area contributed by atoms with Crippen LogP contribution in [0.5, 0.6) is 0 Å². The van der Waals surface area contributed by atoms with Crippen molar-refractivity contribution >= 4 is 0 Å². The fraction of sp³-hybridized carbons (Fsp3) is 1.00. The SMILES string of the molecule is CC(OCC12CCC(CC1)OC2)C(N)C(C)(C)O. The minimum atomic E-state index is -0.905. The highest BCUT2D eigenvalue weighted by molar-refractivity contribution is 4.92. The fourth-order valence-electron chi connectivity index (χ4n) is 2.98. The van der Waals surface area contributed by atoms with Gasteiger partial charge in [-0.25, -0.2) is 0 Å². The molecule has 2 saturated heterocycles. The number of rotatable bonds is 5. The first-order valence-corrected chi connectivity index (χ1v) is 7.04. The van der Waals surface area contributed by atoms with Crippen molar-refractivity contribution in [2.45, 2.75) is 70.3 Å². The fourth-order valence-corrected chi connectivity index (χ4v) is 2.98. The van der Waals surface area contributed by atoms with Crippen molar-refractivity contribution in [3.8, 4) is 0 Å². The van der Waals surface area contributed by atoms with E-state index >= 15 is 0 Å². The molecule has 2 aliphatic heterocycles. The Hall–Kier alpha value is -0.160. The van der Waals surface area contributed by atoms with Gasteiger partial charge in [-0.15, -0.1) is 0 Å². The van der Waals surface area contributed by atoms with Gasteiger partial charge in [-0.05, 0) is 46.5 Å². The number of nitrogens with two attached hydrogens (primary N) is 1. The van der Waals surface area contributed by atoms with Gasteiger partial charge >= 0.3 is 0 Å². The number of aliphatic hydroxyl groups is 1.